The smallest absolute Gasteiger partial charge is 0.394 e. The van der Waals surface area contributed by atoms with Crippen LogP contribution in [-0.2, 0) is 19.1 Å². The van der Waals surface area contributed by atoms with Gasteiger partial charge < -0.3 is 20.3 Å². The highest BCUT2D eigenvalue weighted by Gasteiger charge is 2.25. The van der Waals surface area contributed by atoms with Gasteiger partial charge in [0.2, 0.25) is 0 Å². The summed E-state index contributed by atoms with van der Waals surface area (Å²) in [6.45, 7) is 0. The van der Waals surface area contributed by atoms with Gasteiger partial charge in [-0.05, 0) is 42.2 Å². The van der Waals surface area contributed by atoms with Crippen LogP contribution in [0.1, 0.15) is 29.6 Å². The Labute approximate surface area is 183 Å². The average molecular weight is 435 g/mol. The van der Waals surface area contributed by atoms with Crippen molar-refractivity contribution < 1.29 is 34.1 Å². The fourth-order valence-corrected chi connectivity index (χ4v) is 3.21. The van der Waals surface area contributed by atoms with Crippen LogP contribution in [0.15, 0.2) is 78.1 Å². The average Bonchev–Trinajstić information content (AvgIpc) is 2.80. The maximum Gasteiger partial charge on any atom is 0.394 e. The van der Waals surface area contributed by atoms with Gasteiger partial charge in [0, 0.05) is 6.42 Å². The minimum atomic E-state index is -1.75. The second-order valence-corrected chi connectivity index (χ2v) is 7.16. The number of carboxylic acid groups (broad SMARTS) is 2. The van der Waals surface area contributed by atoms with E-state index in [0.717, 1.165) is 11.1 Å². The number of carbonyl (C=O) groups excluding carboxylic acids is 2. The van der Waals surface area contributed by atoms with Crippen molar-refractivity contribution in [2.75, 3.05) is 0 Å². The first kappa shape index (κ1) is 22.5. The van der Waals surface area contributed by atoms with Crippen molar-refractivity contribution in [1.29, 1.82) is 0 Å². The number of esters is 1. The topological polar surface area (TPSA) is 130 Å². The summed E-state index contributed by atoms with van der Waals surface area (Å²) in [7, 11) is 0. The second kappa shape index (κ2) is 10.2. The fraction of sp³-hybridized carbons (Fsp3) is 0.167. The summed E-state index contributed by atoms with van der Waals surface area (Å²) in [5.74, 6) is -4.52. The summed E-state index contributed by atoms with van der Waals surface area (Å²) in [6, 6.07) is 15.5. The van der Waals surface area contributed by atoms with Crippen molar-refractivity contribution in [2.24, 2.45) is 0 Å². The number of ether oxygens (including phenoxy) is 1. The molecule has 8 heteroatoms. The Morgan fingerprint density at radius 1 is 0.875 bits per heavy atom. The summed E-state index contributed by atoms with van der Waals surface area (Å²) in [5.41, 5.74) is 3.12. The maximum absolute atomic E-state index is 12.4. The van der Waals surface area contributed by atoms with E-state index in [9.17, 15) is 24.3 Å². The van der Waals surface area contributed by atoms with E-state index in [-0.39, 0.29) is 6.42 Å². The second-order valence-electron chi connectivity index (χ2n) is 7.16. The third-order valence-corrected chi connectivity index (χ3v) is 4.91. The van der Waals surface area contributed by atoms with Gasteiger partial charge in [-0.3, -0.25) is 4.79 Å². The van der Waals surface area contributed by atoms with Crippen LogP contribution in [0.4, 0.5) is 0 Å². The molecule has 3 rings (SSSR count). The Morgan fingerprint density at radius 3 is 2.09 bits per heavy atom. The van der Waals surface area contributed by atoms with E-state index >= 15 is 0 Å². The minimum absolute atomic E-state index is 0.0486. The molecule has 3 N–H and O–H groups in total. The van der Waals surface area contributed by atoms with E-state index in [0.29, 0.717) is 29.7 Å². The van der Waals surface area contributed by atoms with E-state index in [1.165, 1.54) is 0 Å². The molecule has 1 aliphatic rings. The van der Waals surface area contributed by atoms with Gasteiger partial charge in [0.25, 0.3) is 0 Å². The van der Waals surface area contributed by atoms with Crippen LogP contribution in [0.25, 0.3) is 11.1 Å². The molecule has 0 saturated carbocycles. The number of carboxylic acids is 2. The molecule has 0 saturated heterocycles. The number of nitrogens with one attached hydrogen (secondary N) is 1. The number of hydrogen-bond acceptors (Lipinski definition) is 5. The molecule has 1 atom stereocenters. The zero-order valence-corrected chi connectivity index (χ0v) is 17.0. The largest absolute Gasteiger partial charge is 0.480 e. The van der Waals surface area contributed by atoms with Crippen LogP contribution in [0.3, 0.4) is 0 Å². The lowest BCUT2D eigenvalue weighted by Crippen LogP contribution is -2.44. The minimum Gasteiger partial charge on any atom is -0.480 e. The van der Waals surface area contributed by atoms with E-state index < -0.39 is 29.9 Å². The summed E-state index contributed by atoms with van der Waals surface area (Å²) in [6.07, 6.45) is 3.94. The van der Waals surface area contributed by atoms with Crippen molar-refractivity contribution >= 4 is 23.8 Å². The Bertz CT molecular complexity index is 1090. The number of allylic oxidation sites excluding steroid dienone is 3. The van der Waals surface area contributed by atoms with Gasteiger partial charge in [-0.2, -0.15) is 0 Å². The first-order valence-electron chi connectivity index (χ1n) is 9.86. The molecule has 1 aliphatic carbocycles. The molecule has 8 nitrogen and oxygen atoms in total. The van der Waals surface area contributed by atoms with Gasteiger partial charge in [0.15, 0.2) is 0 Å². The number of benzene rings is 2. The summed E-state index contributed by atoms with van der Waals surface area (Å²) in [4.78, 5) is 45.6. The van der Waals surface area contributed by atoms with Crippen molar-refractivity contribution in [3.8, 4) is 11.1 Å². The summed E-state index contributed by atoms with van der Waals surface area (Å²) in [5, 5.41) is 19.8. The van der Waals surface area contributed by atoms with Crippen molar-refractivity contribution in [2.45, 2.75) is 25.3 Å². The van der Waals surface area contributed by atoms with Gasteiger partial charge >= 0.3 is 23.8 Å². The normalized spacial score (nSPS) is 13.9. The number of rotatable bonds is 7. The molecule has 0 aliphatic heterocycles. The highest BCUT2D eigenvalue weighted by molar-refractivity contribution is 6.31. The fourth-order valence-electron chi connectivity index (χ4n) is 3.21. The van der Waals surface area contributed by atoms with E-state index in [1.807, 2.05) is 47.8 Å². The highest BCUT2D eigenvalue weighted by Crippen LogP contribution is 2.24. The van der Waals surface area contributed by atoms with Gasteiger partial charge in [0.1, 0.15) is 11.8 Å². The third kappa shape index (κ3) is 5.91. The quantitative estimate of drug-likeness (QED) is 0.450. The molecule has 0 fully saturated rings. The summed E-state index contributed by atoms with van der Waals surface area (Å²) < 4.78 is 5.43. The van der Waals surface area contributed by atoms with Crippen LogP contribution in [0, 0.1) is 0 Å². The highest BCUT2D eigenvalue weighted by atomic mass is 16.5. The molecule has 0 radical (unpaired) electrons. The Balaban J connectivity index is 1.60. The van der Waals surface area contributed by atoms with Gasteiger partial charge in [0.05, 0.1) is 5.56 Å². The lowest BCUT2D eigenvalue weighted by Gasteiger charge is -2.18. The van der Waals surface area contributed by atoms with Gasteiger partial charge in [-0.25, -0.2) is 14.4 Å². The lowest BCUT2D eigenvalue weighted by atomic mass is 9.97. The van der Waals surface area contributed by atoms with Crippen LogP contribution < -0.4 is 5.32 Å². The predicted octanol–water partition coefficient (Wildman–Crippen LogP) is 3.16. The molecule has 0 aromatic heterocycles. The molecule has 32 heavy (non-hydrogen) atoms. The van der Waals surface area contributed by atoms with Gasteiger partial charge in [-0.1, -0.05) is 54.1 Å². The molecule has 0 heterocycles. The molecule has 0 spiro atoms. The molecule has 0 bridgehead atoms. The first-order valence-corrected chi connectivity index (χ1v) is 9.86. The molecule has 1 amide bonds. The van der Waals surface area contributed by atoms with E-state index in [2.05, 4.69) is 0 Å². The van der Waals surface area contributed by atoms with Crippen LogP contribution in [-0.4, -0.2) is 40.1 Å². The number of amides is 1. The molecule has 1 unspecified atom stereocenters. The predicted molar refractivity (Wildman–Crippen MR) is 115 cm³/mol. The summed E-state index contributed by atoms with van der Waals surface area (Å²) >= 11 is 0. The molecular formula is C24H21NO7. The first-order chi connectivity index (χ1) is 15.3. The maximum atomic E-state index is 12.4. The Hall–Kier alpha value is -4.20. The van der Waals surface area contributed by atoms with Crippen molar-refractivity contribution in [1.82, 2.24) is 5.32 Å². The standard InChI is InChI=1S/C24H21NO7/c26-21(23(29)30)25-20(22(27)28)14-15-6-12-19(13-7-15)32-24(31)18-10-8-17(9-11-18)16-4-2-1-3-5-16/h1-6,8-12,20H,7,13-14H2,(H,25,26)(H,27,28)(H,29,30). The van der Waals surface area contributed by atoms with Gasteiger partial charge in [-0.15, -0.1) is 0 Å². The molecule has 2 aromatic carbocycles. The third-order valence-electron chi connectivity index (χ3n) is 4.91. The van der Waals surface area contributed by atoms with Crippen molar-refractivity contribution in [3.05, 3.63) is 83.6 Å². The lowest BCUT2D eigenvalue weighted by molar-refractivity contribution is -0.152. The van der Waals surface area contributed by atoms with Crippen molar-refractivity contribution in [3.63, 3.8) is 0 Å². The van der Waals surface area contributed by atoms with Crippen LogP contribution in [0.2, 0.25) is 0 Å². The van der Waals surface area contributed by atoms with Crippen LogP contribution >= 0.6 is 0 Å². The number of carbonyl (C=O) groups is 4. The number of aliphatic carboxylic acids is 2. The Morgan fingerprint density at radius 2 is 1.53 bits per heavy atom. The van der Waals surface area contributed by atoms with E-state index in [4.69, 9.17) is 9.84 Å². The monoisotopic (exact) mass is 435 g/mol. The molecule has 2 aromatic rings. The Kier molecular flexibility index (Phi) is 7.17. The van der Waals surface area contributed by atoms with E-state index in [1.54, 1.807) is 24.3 Å². The molecule has 164 valence electrons. The zero-order chi connectivity index (χ0) is 23.1. The molecular weight excluding hydrogens is 414 g/mol. The zero-order valence-electron chi connectivity index (χ0n) is 17.0. The SMILES string of the molecule is O=C(O)C(=O)NC(CC1=CC=C(OC(=O)c2ccc(-c3ccccc3)cc2)CC1)C(=O)O. The number of hydrogen-bond donors (Lipinski definition) is 3. The van der Waals surface area contributed by atoms with Crippen LogP contribution in [0.5, 0.6) is 0 Å².